The van der Waals surface area contributed by atoms with Gasteiger partial charge in [-0.3, -0.25) is 14.0 Å². The Morgan fingerprint density at radius 1 is 0.519 bits per heavy atom. The van der Waals surface area contributed by atoms with Crippen molar-refractivity contribution in [2.75, 3.05) is 0 Å². The maximum absolute atomic E-state index is 12.4. The first kappa shape index (κ1) is 32.4. The minimum atomic E-state index is -0.111. The lowest BCUT2D eigenvalue weighted by atomic mass is 10.0. The summed E-state index contributed by atoms with van der Waals surface area (Å²) in [5.74, 6) is 0. The molecule has 0 aliphatic carbocycles. The minimum absolute atomic E-state index is 0.103. The van der Waals surface area contributed by atoms with E-state index in [4.69, 9.17) is 4.42 Å². The first-order valence-corrected chi connectivity index (χ1v) is 17.4. The molecule has 0 saturated heterocycles. The fourth-order valence-corrected chi connectivity index (χ4v) is 6.76. The second-order valence-corrected chi connectivity index (χ2v) is 12.9. The molecule has 6 heterocycles. The molecule has 0 aliphatic heterocycles. The molecule has 260 valence electrons. The molecule has 54 heavy (non-hydrogen) atoms. The van der Waals surface area contributed by atoms with Gasteiger partial charge in [-0.25, -0.2) is 19.9 Å². The van der Waals surface area contributed by atoms with Crippen molar-refractivity contribution < 1.29 is 4.42 Å². The van der Waals surface area contributed by atoms with Crippen LogP contribution in [-0.4, -0.2) is 33.5 Å². The number of pyridine rings is 2. The summed E-state index contributed by atoms with van der Waals surface area (Å²) in [7, 11) is 0. The number of furan rings is 1. The van der Waals surface area contributed by atoms with Crippen molar-refractivity contribution in [3.63, 3.8) is 0 Å². The van der Waals surface area contributed by atoms with Crippen LogP contribution >= 0.6 is 0 Å². The SMILES string of the molecule is O=c1cnc2ccccc2n1Cc1cccc(-c2cnc3ccccn23)c1.O=c1cnc2ccccc2n1Cc1cccc(-c2cnc3occc3c2)c1. The van der Waals surface area contributed by atoms with Gasteiger partial charge in [-0.15, -0.1) is 0 Å². The number of hydrogen-bond acceptors (Lipinski definition) is 7. The Morgan fingerprint density at radius 2 is 1.15 bits per heavy atom. The standard InChI is InChI=1S/C22H16N4O.C22H15N3O2/c27-22-14-23-18-8-1-2-9-19(18)26(22)15-16-6-5-7-17(12-16)20-13-24-21-10-3-4-11-25(20)21;26-21-13-23-19-6-1-2-7-20(19)25(21)14-15-4-3-5-16(10-15)18-11-17-8-9-27-22(17)24-12-18/h1-14H,15H2;1-13H,14H2. The highest BCUT2D eigenvalue weighted by molar-refractivity contribution is 5.80. The lowest BCUT2D eigenvalue weighted by Gasteiger charge is -2.11. The summed E-state index contributed by atoms with van der Waals surface area (Å²) < 4.78 is 10.9. The molecule has 0 spiro atoms. The average Bonchev–Trinajstić information content (AvgIpc) is 3.88. The summed E-state index contributed by atoms with van der Waals surface area (Å²) in [6.07, 6.45) is 10.1. The smallest absolute Gasteiger partial charge is 0.269 e. The Balaban J connectivity index is 0.000000142. The van der Waals surface area contributed by atoms with Gasteiger partial charge in [-0.05, 0) is 77.4 Å². The summed E-state index contributed by atoms with van der Waals surface area (Å²) >= 11 is 0. The van der Waals surface area contributed by atoms with Crippen LogP contribution in [0.5, 0.6) is 0 Å². The Bertz CT molecular complexity index is 3090. The molecule has 6 aromatic heterocycles. The highest BCUT2D eigenvalue weighted by Crippen LogP contribution is 2.25. The molecule has 4 aromatic carbocycles. The summed E-state index contributed by atoms with van der Waals surface area (Å²) in [4.78, 5) is 42.1. The number of aromatic nitrogens is 7. The van der Waals surface area contributed by atoms with Gasteiger partial charge in [0.2, 0.25) is 5.71 Å². The van der Waals surface area contributed by atoms with Gasteiger partial charge in [0, 0.05) is 28.9 Å². The second-order valence-electron chi connectivity index (χ2n) is 12.9. The van der Waals surface area contributed by atoms with Gasteiger partial charge in [0.05, 0.1) is 65.7 Å². The zero-order valence-corrected chi connectivity index (χ0v) is 28.9. The van der Waals surface area contributed by atoms with Gasteiger partial charge in [-0.1, -0.05) is 66.7 Å². The lowest BCUT2D eigenvalue weighted by molar-refractivity contribution is 0.603. The van der Waals surface area contributed by atoms with E-state index in [1.54, 1.807) is 21.6 Å². The largest absolute Gasteiger partial charge is 0.446 e. The van der Waals surface area contributed by atoms with Crippen molar-refractivity contribution in [2.45, 2.75) is 13.1 Å². The zero-order chi connectivity index (χ0) is 36.4. The summed E-state index contributed by atoms with van der Waals surface area (Å²) in [6.45, 7) is 0.976. The van der Waals surface area contributed by atoms with E-state index in [-0.39, 0.29) is 11.1 Å². The molecule has 0 bridgehead atoms. The monoisotopic (exact) mass is 705 g/mol. The van der Waals surface area contributed by atoms with Crippen LogP contribution in [0.15, 0.2) is 179 Å². The van der Waals surface area contributed by atoms with Crippen molar-refractivity contribution in [1.29, 1.82) is 0 Å². The van der Waals surface area contributed by atoms with Crippen LogP contribution in [0.2, 0.25) is 0 Å². The lowest BCUT2D eigenvalue weighted by Crippen LogP contribution is -2.21. The Kier molecular flexibility index (Phi) is 8.37. The number of fused-ring (bicyclic) bond motifs is 4. The van der Waals surface area contributed by atoms with Crippen LogP contribution in [0, 0.1) is 0 Å². The summed E-state index contributed by atoms with van der Waals surface area (Å²) in [6, 6.07) is 41.6. The highest BCUT2D eigenvalue weighted by atomic mass is 16.3. The molecule has 10 nitrogen and oxygen atoms in total. The third-order valence-corrected chi connectivity index (χ3v) is 9.39. The Labute approximate surface area is 307 Å². The number of nitrogens with zero attached hydrogens (tertiary/aromatic N) is 7. The third-order valence-electron chi connectivity index (χ3n) is 9.39. The van der Waals surface area contributed by atoms with Crippen molar-refractivity contribution >= 4 is 38.8 Å². The highest BCUT2D eigenvalue weighted by Gasteiger charge is 2.10. The van der Waals surface area contributed by atoms with Crippen molar-refractivity contribution in [3.05, 3.63) is 196 Å². The van der Waals surface area contributed by atoms with Gasteiger partial charge < -0.3 is 13.6 Å². The molecule has 0 fully saturated rings. The molecule has 0 amide bonds. The van der Waals surface area contributed by atoms with Gasteiger partial charge in [0.1, 0.15) is 5.65 Å². The average molecular weight is 706 g/mol. The number of hydrogen-bond donors (Lipinski definition) is 0. The van der Waals surface area contributed by atoms with E-state index in [1.807, 2.05) is 116 Å². The molecule has 0 radical (unpaired) electrons. The molecule has 10 aromatic rings. The number of benzene rings is 4. The molecule has 0 atom stereocenters. The zero-order valence-electron chi connectivity index (χ0n) is 28.9. The first-order valence-electron chi connectivity index (χ1n) is 17.4. The van der Waals surface area contributed by atoms with E-state index in [0.717, 1.165) is 66.6 Å². The third kappa shape index (κ3) is 6.33. The van der Waals surface area contributed by atoms with E-state index in [1.165, 1.54) is 12.4 Å². The molecule has 0 aliphatic rings. The van der Waals surface area contributed by atoms with Crippen molar-refractivity contribution in [2.24, 2.45) is 0 Å². The first-order chi connectivity index (χ1) is 26.6. The van der Waals surface area contributed by atoms with Gasteiger partial charge >= 0.3 is 0 Å². The van der Waals surface area contributed by atoms with Gasteiger partial charge in [-0.2, -0.15) is 0 Å². The van der Waals surface area contributed by atoms with E-state index in [0.29, 0.717) is 18.8 Å². The quantitative estimate of drug-likeness (QED) is 0.172. The molecule has 10 rings (SSSR count). The maximum Gasteiger partial charge on any atom is 0.269 e. The summed E-state index contributed by atoms with van der Waals surface area (Å²) in [5.41, 5.74) is 10.9. The van der Waals surface area contributed by atoms with E-state index in [9.17, 15) is 9.59 Å². The number of imidazole rings is 1. The predicted octanol–water partition coefficient (Wildman–Crippen LogP) is 8.01. The predicted molar refractivity (Wildman–Crippen MR) is 210 cm³/mol. The van der Waals surface area contributed by atoms with Crippen LogP contribution in [-0.2, 0) is 13.1 Å². The molecular formula is C44H31N7O3. The normalized spacial score (nSPS) is 11.3. The number of rotatable bonds is 6. The van der Waals surface area contributed by atoms with Crippen LogP contribution in [0.1, 0.15) is 11.1 Å². The van der Waals surface area contributed by atoms with Crippen LogP contribution in [0.4, 0.5) is 0 Å². The molecule has 10 heteroatoms. The molecule has 0 N–H and O–H groups in total. The topological polar surface area (TPSA) is 113 Å². The van der Waals surface area contributed by atoms with Crippen LogP contribution < -0.4 is 11.1 Å². The molecular weight excluding hydrogens is 675 g/mol. The van der Waals surface area contributed by atoms with E-state index in [2.05, 4.69) is 48.6 Å². The van der Waals surface area contributed by atoms with Crippen molar-refractivity contribution in [3.8, 4) is 22.4 Å². The number of para-hydroxylation sites is 4. The van der Waals surface area contributed by atoms with E-state index >= 15 is 0 Å². The summed E-state index contributed by atoms with van der Waals surface area (Å²) in [5, 5.41) is 0.967. The fourth-order valence-electron chi connectivity index (χ4n) is 6.76. The minimum Gasteiger partial charge on any atom is -0.446 e. The van der Waals surface area contributed by atoms with E-state index < -0.39 is 0 Å². The second kappa shape index (κ2) is 13.9. The van der Waals surface area contributed by atoms with Gasteiger partial charge in [0.25, 0.3) is 11.1 Å². The Morgan fingerprint density at radius 3 is 1.85 bits per heavy atom. The molecule has 0 saturated carbocycles. The Hall–Kier alpha value is -7.46. The van der Waals surface area contributed by atoms with Crippen LogP contribution in [0.3, 0.4) is 0 Å². The fraction of sp³-hybridized carbons (Fsp3) is 0.0455. The van der Waals surface area contributed by atoms with Crippen LogP contribution in [0.25, 0.3) is 61.2 Å². The maximum atomic E-state index is 12.4. The molecule has 0 unspecified atom stereocenters. The van der Waals surface area contributed by atoms with Gasteiger partial charge in [0.15, 0.2) is 0 Å². The van der Waals surface area contributed by atoms with Crippen molar-refractivity contribution in [1.82, 2.24) is 33.5 Å².